The Morgan fingerprint density at radius 2 is 1.96 bits per heavy atom. The molecule has 1 atom stereocenters. The molecule has 0 bridgehead atoms. The van der Waals surface area contributed by atoms with Crippen LogP contribution >= 0.6 is 0 Å². The number of hydrogen-bond acceptors (Lipinski definition) is 5. The fourth-order valence-electron chi connectivity index (χ4n) is 2.07. The van der Waals surface area contributed by atoms with E-state index in [1.165, 1.54) is 6.92 Å². The van der Waals surface area contributed by atoms with Crippen LogP contribution in [-0.2, 0) is 14.3 Å². The van der Waals surface area contributed by atoms with Crippen molar-refractivity contribution in [2.75, 3.05) is 11.9 Å². The molecule has 0 spiro atoms. The summed E-state index contributed by atoms with van der Waals surface area (Å²) < 4.78 is 10.3. The van der Waals surface area contributed by atoms with Gasteiger partial charge in [0.2, 0.25) is 0 Å². The second-order valence-electron chi connectivity index (χ2n) is 5.39. The number of para-hydroxylation sites is 1. The Hall–Kier alpha value is -3.33. The van der Waals surface area contributed by atoms with Crippen molar-refractivity contribution in [2.24, 2.45) is 0 Å². The van der Waals surface area contributed by atoms with E-state index < -0.39 is 18.0 Å². The van der Waals surface area contributed by atoms with Gasteiger partial charge in [-0.3, -0.25) is 4.79 Å². The number of amides is 1. The van der Waals surface area contributed by atoms with Crippen LogP contribution < -0.4 is 10.1 Å². The Bertz CT molecular complexity index is 811. The lowest BCUT2D eigenvalue weighted by molar-refractivity contribution is -0.155. The van der Waals surface area contributed by atoms with E-state index in [2.05, 4.69) is 5.32 Å². The first kappa shape index (κ1) is 18.0. The van der Waals surface area contributed by atoms with Gasteiger partial charge in [0.15, 0.2) is 12.7 Å². The monoisotopic (exact) mass is 338 g/mol. The van der Waals surface area contributed by atoms with Gasteiger partial charge in [-0.15, -0.1) is 0 Å². The maximum Gasteiger partial charge on any atom is 0.344 e. The molecule has 0 aliphatic carbocycles. The lowest BCUT2D eigenvalue weighted by atomic mass is 10.2. The van der Waals surface area contributed by atoms with Crippen LogP contribution in [0.5, 0.6) is 5.75 Å². The first-order chi connectivity index (χ1) is 12.0. The topological polar surface area (TPSA) is 88.4 Å². The maximum absolute atomic E-state index is 12.1. The number of carbonyl (C=O) groups excluding carboxylic acids is 2. The van der Waals surface area contributed by atoms with Crippen molar-refractivity contribution < 1.29 is 19.1 Å². The predicted molar refractivity (Wildman–Crippen MR) is 92.0 cm³/mol. The summed E-state index contributed by atoms with van der Waals surface area (Å²) in [6.07, 6.45) is -0.970. The molecular formula is C19H18N2O4. The SMILES string of the molecule is Cc1cccc(NC(=O)[C@@H](C)OC(=O)COc2ccccc2C#N)c1. The molecule has 2 aromatic carbocycles. The van der Waals surface area contributed by atoms with Gasteiger partial charge in [-0.1, -0.05) is 24.3 Å². The lowest BCUT2D eigenvalue weighted by Gasteiger charge is -2.14. The van der Waals surface area contributed by atoms with E-state index in [0.29, 0.717) is 17.0 Å². The molecule has 2 rings (SSSR count). The molecule has 1 N–H and O–H groups in total. The summed E-state index contributed by atoms with van der Waals surface area (Å²) in [4.78, 5) is 23.9. The van der Waals surface area contributed by atoms with E-state index in [4.69, 9.17) is 14.7 Å². The van der Waals surface area contributed by atoms with Crippen molar-refractivity contribution in [3.05, 3.63) is 59.7 Å². The highest BCUT2D eigenvalue weighted by atomic mass is 16.6. The third-order valence-corrected chi connectivity index (χ3v) is 3.32. The average molecular weight is 338 g/mol. The van der Waals surface area contributed by atoms with Crippen molar-refractivity contribution in [3.63, 3.8) is 0 Å². The van der Waals surface area contributed by atoms with Crippen LogP contribution in [0.2, 0.25) is 0 Å². The highest BCUT2D eigenvalue weighted by molar-refractivity contribution is 5.95. The molecule has 0 heterocycles. The standard InChI is InChI=1S/C19H18N2O4/c1-13-6-5-8-16(10-13)21-19(23)14(2)25-18(22)12-24-17-9-4-3-7-15(17)11-20/h3-10,14H,12H2,1-2H3,(H,21,23)/t14-/m1/s1. The summed E-state index contributed by atoms with van der Waals surface area (Å²) in [6.45, 7) is 3.00. The largest absolute Gasteiger partial charge is 0.481 e. The molecular weight excluding hydrogens is 320 g/mol. The van der Waals surface area contributed by atoms with Crippen molar-refractivity contribution in [1.29, 1.82) is 5.26 Å². The van der Waals surface area contributed by atoms with Gasteiger partial charge in [-0.05, 0) is 43.7 Å². The minimum Gasteiger partial charge on any atom is -0.481 e. The molecule has 0 aromatic heterocycles. The van der Waals surface area contributed by atoms with Crippen LogP contribution in [0.4, 0.5) is 5.69 Å². The molecule has 0 saturated heterocycles. The zero-order chi connectivity index (χ0) is 18.2. The zero-order valence-corrected chi connectivity index (χ0v) is 14.0. The first-order valence-electron chi connectivity index (χ1n) is 7.68. The Labute approximate surface area is 146 Å². The van der Waals surface area contributed by atoms with E-state index in [1.807, 2.05) is 31.2 Å². The summed E-state index contributed by atoms with van der Waals surface area (Å²) in [5, 5.41) is 11.6. The molecule has 0 radical (unpaired) electrons. The molecule has 0 fully saturated rings. The van der Waals surface area contributed by atoms with Gasteiger partial charge in [-0.25, -0.2) is 4.79 Å². The van der Waals surface area contributed by atoms with Gasteiger partial charge in [0.05, 0.1) is 5.56 Å². The lowest BCUT2D eigenvalue weighted by Crippen LogP contribution is -2.31. The second kappa shape index (κ2) is 8.50. The molecule has 0 saturated carbocycles. The third kappa shape index (κ3) is 5.36. The summed E-state index contributed by atoms with van der Waals surface area (Å²) in [5.41, 5.74) is 1.96. The van der Waals surface area contributed by atoms with Crippen LogP contribution in [0.25, 0.3) is 0 Å². The van der Waals surface area contributed by atoms with Crippen LogP contribution in [-0.4, -0.2) is 24.6 Å². The molecule has 6 heteroatoms. The number of aryl methyl sites for hydroxylation is 1. The number of carbonyl (C=O) groups is 2. The first-order valence-corrected chi connectivity index (χ1v) is 7.68. The second-order valence-corrected chi connectivity index (χ2v) is 5.39. The summed E-state index contributed by atoms with van der Waals surface area (Å²) >= 11 is 0. The molecule has 2 aromatic rings. The summed E-state index contributed by atoms with van der Waals surface area (Å²) in [7, 11) is 0. The molecule has 0 unspecified atom stereocenters. The van der Waals surface area contributed by atoms with Crippen molar-refractivity contribution in [1.82, 2.24) is 0 Å². The minimum atomic E-state index is -0.970. The third-order valence-electron chi connectivity index (χ3n) is 3.32. The Balaban J connectivity index is 1.85. The van der Waals surface area contributed by atoms with Gasteiger partial charge in [0, 0.05) is 5.69 Å². The Morgan fingerprint density at radius 3 is 2.68 bits per heavy atom. The van der Waals surface area contributed by atoms with Gasteiger partial charge < -0.3 is 14.8 Å². The molecule has 25 heavy (non-hydrogen) atoms. The van der Waals surface area contributed by atoms with Crippen molar-refractivity contribution in [2.45, 2.75) is 20.0 Å². The molecule has 0 aliphatic heterocycles. The molecule has 0 aliphatic rings. The number of ether oxygens (including phenoxy) is 2. The van der Waals surface area contributed by atoms with Crippen LogP contribution in [0, 0.1) is 18.3 Å². The quantitative estimate of drug-likeness (QED) is 0.818. The van der Waals surface area contributed by atoms with Crippen LogP contribution in [0.3, 0.4) is 0 Å². The smallest absolute Gasteiger partial charge is 0.344 e. The van der Waals surface area contributed by atoms with Crippen LogP contribution in [0.15, 0.2) is 48.5 Å². The predicted octanol–water partition coefficient (Wildman–Crippen LogP) is 2.82. The van der Waals surface area contributed by atoms with Gasteiger partial charge in [0.25, 0.3) is 5.91 Å². The fourth-order valence-corrected chi connectivity index (χ4v) is 2.07. The number of hydrogen-bond donors (Lipinski definition) is 1. The Morgan fingerprint density at radius 1 is 1.20 bits per heavy atom. The Kier molecular flexibility index (Phi) is 6.13. The summed E-state index contributed by atoms with van der Waals surface area (Å²) in [6, 6.07) is 15.8. The molecule has 128 valence electrons. The highest BCUT2D eigenvalue weighted by Gasteiger charge is 2.18. The average Bonchev–Trinajstić information content (AvgIpc) is 2.60. The molecule has 1 amide bonds. The van der Waals surface area contributed by atoms with E-state index in [9.17, 15) is 9.59 Å². The van der Waals surface area contributed by atoms with Gasteiger partial charge in [0.1, 0.15) is 11.8 Å². The van der Waals surface area contributed by atoms with Crippen molar-refractivity contribution in [3.8, 4) is 11.8 Å². The van der Waals surface area contributed by atoms with Crippen molar-refractivity contribution >= 4 is 17.6 Å². The number of nitrogens with zero attached hydrogens (tertiary/aromatic N) is 1. The maximum atomic E-state index is 12.1. The van der Waals surface area contributed by atoms with Gasteiger partial charge >= 0.3 is 5.97 Å². The number of anilines is 1. The van der Waals surface area contributed by atoms with E-state index >= 15 is 0 Å². The number of rotatable bonds is 6. The summed E-state index contributed by atoms with van der Waals surface area (Å²) in [5.74, 6) is -0.838. The number of nitrogens with one attached hydrogen (secondary N) is 1. The fraction of sp³-hybridized carbons (Fsp3) is 0.211. The minimum absolute atomic E-state index is 0.291. The van der Waals surface area contributed by atoms with E-state index in [1.54, 1.807) is 30.3 Å². The normalized spacial score (nSPS) is 11.1. The molecule has 6 nitrogen and oxygen atoms in total. The number of nitriles is 1. The van der Waals surface area contributed by atoms with E-state index in [-0.39, 0.29) is 6.61 Å². The number of benzene rings is 2. The van der Waals surface area contributed by atoms with Crippen LogP contribution in [0.1, 0.15) is 18.1 Å². The zero-order valence-electron chi connectivity index (χ0n) is 14.0. The number of esters is 1. The highest BCUT2D eigenvalue weighted by Crippen LogP contribution is 2.16. The van der Waals surface area contributed by atoms with E-state index in [0.717, 1.165) is 5.56 Å². The van der Waals surface area contributed by atoms with Gasteiger partial charge in [-0.2, -0.15) is 5.26 Å².